The number of nitrogens with two attached hydrogens (primary N) is 1. The van der Waals surface area contributed by atoms with Crippen LogP contribution in [-0.4, -0.2) is 11.9 Å². The largest absolute Gasteiger partial charge is 0.325 e. The zero-order valence-electron chi connectivity index (χ0n) is 9.84. The normalized spacial score (nSPS) is 14.2. The van der Waals surface area contributed by atoms with Crippen molar-refractivity contribution in [2.75, 3.05) is 5.32 Å². The van der Waals surface area contributed by atoms with Gasteiger partial charge in [0.2, 0.25) is 5.91 Å². The Balaban J connectivity index is 2.71. The first-order valence-electron chi connectivity index (χ1n) is 5.47. The van der Waals surface area contributed by atoms with Crippen molar-refractivity contribution in [1.29, 1.82) is 0 Å². The molecule has 0 unspecified atom stereocenters. The molecule has 0 radical (unpaired) electrons. The van der Waals surface area contributed by atoms with Gasteiger partial charge in [0.05, 0.1) is 11.1 Å². The molecule has 17 heavy (non-hydrogen) atoms. The van der Waals surface area contributed by atoms with Gasteiger partial charge < -0.3 is 11.1 Å². The van der Waals surface area contributed by atoms with Crippen LogP contribution in [0.3, 0.4) is 0 Å². The van der Waals surface area contributed by atoms with Crippen LogP contribution < -0.4 is 11.1 Å². The van der Waals surface area contributed by atoms with E-state index in [1.165, 1.54) is 0 Å². The fourth-order valence-corrected chi connectivity index (χ4v) is 1.81. The maximum atomic E-state index is 11.8. The zero-order chi connectivity index (χ0) is 13.0. The molecule has 0 aliphatic heterocycles. The molecule has 94 valence electrons. The van der Waals surface area contributed by atoms with Gasteiger partial charge in [-0.25, -0.2) is 0 Å². The van der Waals surface area contributed by atoms with Crippen molar-refractivity contribution in [3.63, 3.8) is 0 Å². The molecule has 1 amide bonds. The zero-order valence-corrected chi connectivity index (χ0v) is 12.2. The SMILES string of the molecule is CC[C@H](C)[C@H](N)C(=O)Nc1ccc(Cl)c(Br)c1. The van der Waals surface area contributed by atoms with E-state index in [1.807, 2.05) is 13.8 Å². The lowest BCUT2D eigenvalue weighted by molar-refractivity contribution is -0.118. The molecule has 3 nitrogen and oxygen atoms in total. The highest BCUT2D eigenvalue weighted by atomic mass is 79.9. The number of benzene rings is 1. The molecule has 0 heterocycles. The quantitative estimate of drug-likeness (QED) is 0.893. The smallest absolute Gasteiger partial charge is 0.241 e. The topological polar surface area (TPSA) is 55.1 Å². The molecular formula is C12H16BrClN2O. The predicted molar refractivity (Wildman–Crippen MR) is 75.2 cm³/mol. The predicted octanol–water partition coefficient (Wildman–Crippen LogP) is 3.41. The van der Waals surface area contributed by atoms with Crippen LogP contribution in [0.4, 0.5) is 5.69 Å². The highest BCUT2D eigenvalue weighted by Crippen LogP contribution is 2.25. The Labute approximate surface area is 115 Å². The van der Waals surface area contributed by atoms with Crippen LogP contribution in [0.5, 0.6) is 0 Å². The molecule has 0 fully saturated rings. The Morgan fingerprint density at radius 1 is 1.59 bits per heavy atom. The minimum Gasteiger partial charge on any atom is -0.325 e. The summed E-state index contributed by atoms with van der Waals surface area (Å²) in [4.78, 5) is 11.8. The van der Waals surface area contributed by atoms with Gasteiger partial charge in [0.25, 0.3) is 0 Å². The van der Waals surface area contributed by atoms with Crippen molar-refractivity contribution in [3.8, 4) is 0 Å². The molecule has 0 aliphatic rings. The summed E-state index contributed by atoms with van der Waals surface area (Å²) in [6.07, 6.45) is 0.874. The van der Waals surface area contributed by atoms with Crippen LogP contribution in [0.25, 0.3) is 0 Å². The van der Waals surface area contributed by atoms with Crippen LogP contribution in [-0.2, 0) is 4.79 Å². The molecule has 0 saturated carbocycles. The molecule has 5 heteroatoms. The van der Waals surface area contributed by atoms with E-state index in [9.17, 15) is 4.79 Å². The molecule has 0 bridgehead atoms. The fourth-order valence-electron chi connectivity index (χ4n) is 1.31. The number of hydrogen-bond acceptors (Lipinski definition) is 2. The summed E-state index contributed by atoms with van der Waals surface area (Å²) < 4.78 is 0.745. The summed E-state index contributed by atoms with van der Waals surface area (Å²) in [5.41, 5.74) is 6.52. The second kappa shape index (κ2) is 6.38. The van der Waals surface area contributed by atoms with Gasteiger partial charge in [0.15, 0.2) is 0 Å². The fraction of sp³-hybridized carbons (Fsp3) is 0.417. The summed E-state index contributed by atoms with van der Waals surface area (Å²) in [7, 11) is 0. The molecule has 1 rings (SSSR count). The molecule has 0 aromatic heterocycles. The van der Waals surface area contributed by atoms with E-state index in [2.05, 4.69) is 21.2 Å². The number of amides is 1. The molecule has 0 aliphatic carbocycles. The summed E-state index contributed by atoms with van der Waals surface area (Å²) in [5.74, 6) is -0.0145. The van der Waals surface area contributed by atoms with Crippen LogP contribution in [0.15, 0.2) is 22.7 Å². The first kappa shape index (κ1) is 14.5. The third-order valence-corrected chi connectivity index (χ3v) is 3.96. The number of halogens is 2. The van der Waals surface area contributed by atoms with Gasteiger partial charge in [-0.3, -0.25) is 4.79 Å². The molecule has 0 saturated heterocycles. The minimum absolute atomic E-state index is 0.158. The maximum Gasteiger partial charge on any atom is 0.241 e. The Hall–Kier alpha value is -0.580. The van der Waals surface area contributed by atoms with Gasteiger partial charge in [-0.2, -0.15) is 0 Å². The highest BCUT2D eigenvalue weighted by Gasteiger charge is 2.19. The monoisotopic (exact) mass is 318 g/mol. The van der Waals surface area contributed by atoms with Gasteiger partial charge in [0, 0.05) is 10.2 Å². The summed E-state index contributed by atoms with van der Waals surface area (Å²) >= 11 is 9.17. The first-order chi connectivity index (χ1) is 7.95. The average molecular weight is 320 g/mol. The minimum atomic E-state index is -0.491. The number of nitrogens with one attached hydrogen (secondary N) is 1. The second-order valence-electron chi connectivity index (χ2n) is 4.03. The van der Waals surface area contributed by atoms with E-state index < -0.39 is 6.04 Å². The summed E-state index contributed by atoms with van der Waals surface area (Å²) in [6.45, 7) is 3.97. The van der Waals surface area contributed by atoms with Crippen molar-refractivity contribution in [3.05, 3.63) is 27.7 Å². The number of hydrogen-bond donors (Lipinski definition) is 2. The number of anilines is 1. The first-order valence-corrected chi connectivity index (χ1v) is 6.64. The third-order valence-electron chi connectivity index (χ3n) is 2.75. The second-order valence-corrected chi connectivity index (χ2v) is 5.29. The standard InChI is InChI=1S/C12H16BrClN2O/c1-3-7(2)11(15)12(17)16-8-4-5-10(14)9(13)6-8/h4-7,11H,3,15H2,1-2H3,(H,16,17)/t7-,11-/m0/s1. The Morgan fingerprint density at radius 3 is 2.76 bits per heavy atom. The van der Waals surface area contributed by atoms with Crippen molar-refractivity contribution in [1.82, 2.24) is 0 Å². The van der Waals surface area contributed by atoms with E-state index in [1.54, 1.807) is 18.2 Å². The van der Waals surface area contributed by atoms with Crippen molar-refractivity contribution in [2.45, 2.75) is 26.3 Å². The number of carbonyl (C=O) groups excluding carboxylic acids is 1. The third kappa shape index (κ3) is 3.98. The van der Waals surface area contributed by atoms with Gasteiger partial charge in [-0.1, -0.05) is 31.9 Å². The van der Waals surface area contributed by atoms with E-state index in [0.29, 0.717) is 10.7 Å². The molecule has 1 aromatic carbocycles. The van der Waals surface area contributed by atoms with Crippen LogP contribution >= 0.6 is 27.5 Å². The van der Waals surface area contributed by atoms with Crippen LogP contribution in [0.1, 0.15) is 20.3 Å². The van der Waals surface area contributed by atoms with Crippen LogP contribution in [0, 0.1) is 5.92 Å². The molecular weight excluding hydrogens is 304 g/mol. The number of carbonyl (C=O) groups is 1. The van der Waals surface area contributed by atoms with E-state index >= 15 is 0 Å². The van der Waals surface area contributed by atoms with E-state index in [-0.39, 0.29) is 11.8 Å². The highest BCUT2D eigenvalue weighted by molar-refractivity contribution is 9.10. The summed E-state index contributed by atoms with van der Waals surface area (Å²) in [6, 6.07) is 4.72. The Kier molecular flexibility index (Phi) is 5.43. The maximum absolute atomic E-state index is 11.8. The van der Waals surface area contributed by atoms with Crippen LogP contribution in [0.2, 0.25) is 5.02 Å². The van der Waals surface area contributed by atoms with Crippen molar-refractivity contribution in [2.24, 2.45) is 11.7 Å². The Bertz CT molecular complexity index is 411. The lowest BCUT2D eigenvalue weighted by Crippen LogP contribution is -2.40. The van der Waals surface area contributed by atoms with Crippen molar-refractivity contribution >= 4 is 39.1 Å². The lowest BCUT2D eigenvalue weighted by atomic mass is 9.99. The molecule has 3 N–H and O–H groups in total. The number of rotatable bonds is 4. The van der Waals surface area contributed by atoms with Gasteiger partial charge in [-0.05, 0) is 40.0 Å². The van der Waals surface area contributed by atoms with Gasteiger partial charge in [-0.15, -0.1) is 0 Å². The molecule has 2 atom stereocenters. The summed E-state index contributed by atoms with van der Waals surface area (Å²) in [5, 5.41) is 3.38. The Morgan fingerprint density at radius 2 is 2.24 bits per heavy atom. The molecule has 0 spiro atoms. The van der Waals surface area contributed by atoms with E-state index in [0.717, 1.165) is 10.9 Å². The van der Waals surface area contributed by atoms with Crippen molar-refractivity contribution < 1.29 is 4.79 Å². The lowest BCUT2D eigenvalue weighted by Gasteiger charge is -2.17. The van der Waals surface area contributed by atoms with Gasteiger partial charge >= 0.3 is 0 Å². The van der Waals surface area contributed by atoms with Gasteiger partial charge in [0.1, 0.15) is 0 Å². The average Bonchev–Trinajstić information content (AvgIpc) is 2.31. The van der Waals surface area contributed by atoms with E-state index in [4.69, 9.17) is 17.3 Å². The molecule has 1 aromatic rings.